The molecule has 0 spiro atoms. The molecule has 2 atom stereocenters. The van der Waals surface area contributed by atoms with Crippen molar-refractivity contribution in [3.63, 3.8) is 0 Å². The van der Waals surface area contributed by atoms with Crippen LogP contribution in [0.15, 0.2) is 51.5 Å². The van der Waals surface area contributed by atoms with E-state index in [2.05, 4.69) is 9.88 Å². The molecule has 5 nitrogen and oxygen atoms in total. The molecule has 1 aromatic carbocycles. The highest BCUT2D eigenvalue weighted by Crippen LogP contribution is 2.59. The fourth-order valence-electron chi connectivity index (χ4n) is 5.30. The molecule has 34 heavy (non-hydrogen) atoms. The number of aryl methyl sites for hydroxylation is 2. The van der Waals surface area contributed by atoms with E-state index >= 15 is 0 Å². The number of hydrogen-bond acceptors (Lipinski definition) is 4. The van der Waals surface area contributed by atoms with Crippen LogP contribution in [0.1, 0.15) is 36.0 Å². The SMILES string of the molecule is Cc1ccsc1-c1cn(CCCCN2C[C@@H]3C[C@]3(c3ccc(C(F)(F)F)cc3)C2)c(=O)[nH]c1=O. The van der Waals surface area contributed by atoms with Crippen molar-refractivity contribution in [2.24, 2.45) is 5.92 Å². The Morgan fingerprint density at radius 1 is 1.12 bits per heavy atom. The highest BCUT2D eigenvalue weighted by atomic mass is 32.1. The highest BCUT2D eigenvalue weighted by Gasteiger charge is 2.60. The molecule has 2 fully saturated rings. The second-order valence-corrected chi connectivity index (χ2v) is 10.4. The van der Waals surface area contributed by atoms with Crippen LogP contribution in [0.4, 0.5) is 13.2 Å². The first-order chi connectivity index (χ1) is 16.2. The third kappa shape index (κ3) is 4.27. The summed E-state index contributed by atoms with van der Waals surface area (Å²) in [6, 6.07) is 7.61. The summed E-state index contributed by atoms with van der Waals surface area (Å²) in [5, 5.41) is 1.93. The third-order valence-corrected chi connectivity index (χ3v) is 8.29. The van der Waals surface area contributed by atoms with Gasteiger partial charge in [0.25, 0.3) is 5.56 Å². The second-order valence-electron chi connectivity index (χ2n) is 9.50. The second kappa shape index (κ2) is 8.53. The van der Waals surface area contributed by atoms with Crippen LogP contribution in [-0.2, 0) is 18.1 Å². The molecule has 1 saturated heterocycles. The summed E-state index contributed by atoms with van der Waals surface area (Å²) in [6.07, 6.45) is 0.0765. The van der Waals surface area contributed by atoms with Crippen LogP contribution in [0.5, 0.6) is 0 Å². The number of benzene rings is 1. The van der Waals surface area contributed by atoms with Crippen LogP contribution in [0, 0.1) is 12.8 Å². The molecule has 5 rings (SSSR count). The summed E-state index contributed by atoms with van der Waals surface area (Å²) in [5.41, 5.74) is 1.16. The van der Waals surface area contributed by atoms with E-state index in [1.807, 2.05) is 18.4 Å². The van der Waals surface area contributed by atoms with Crippen molar-refractivity contribution in [3.8, 4) is 10.4 Å². The van der Waals surface area contributed by atoms with E-state index in [9.17, 15) is 22.8 Å². The molecule has 180 valence electrons. The number of halogens is 3. The van der Waals surface area contributed by atoms with Gasteiger partial charge in [-0.05, 0) is 73.4 Å². The van der Waals surface area contributed by atoms with Gasteiger partial charge in [-0.15, -0.1) is 11.3 Å². The Labute approximate surface area is 198 Å². The number of hydrogen-bond donors (Lipinski definition) is 1. The lowest BCUT2D eigenvalue weighted by Gasteiger charge is -2.21. The van der Waals surface area contributed by atoms with Gasteiger partial charge in [-0.1, -0.05) is 12.1 Å². The maximum absolute atomic E-state index is 12.9. The van der Waals surface area contributed by atoms with Crippen molar-refractivity contribution in [2.45, 2.75) is 44.3 Å². The van der Waals surface area contributed by atoms with Crippen molar-refractivity contribution in [2.75, 3.05) is 19.6 Å². The lowest BCUT2D eigenvalue weighted by atomic mass is 9.94. The maximum Gasteiger partial charge on any atom is 0.416 e. The van der Waals surface area contributed by atoms with Gasteiger partial charge >= 0.3 is 11.9 Å². The van der Waals surface area contributed by atoms with Crippen LogP contribution in [0.25, 0.3) is 10.4 Å². The topological polar surface area (TPSA) is 58.1 Å². The number of piperidine rings is 1. The summed E-state index contributed by atoms with van der Waals surface area (Å²) in [4.78, 5) is 30.2. The number of nitrogens with one attached hydrogen (secondary N) is 1. The lowest BCUT2D eigenvalue weighted by Crippen LogP contribution is -2.31. The van der Waals surface area contributed by atoms with E-state index in [0.29, 0.717) is 18.0 Å². The summed E-state index contributed by atoms with van der Waals surface area (Å²) < 4.78 is 40.2. The van der Waals surface area contributed by atoms with Crippen LogP contribution in [0.3, 0.4) is 0 Å². The van der Waals surface area contributed by atoms with Crippen molar-refractivity contribution in [1.82, 2.24) is 14.5 Å². The average molecular weight is 490 g/mol. The molecule has 3 aromatic rings. The zero-order valence-electron chi connectivity index (χ0n) is 18.8. The quantitative estimate of drug-likeness (QED) is 0.492. The Bertz CT molecular complexity index is 1310. The Morgan fingerprint density at radius 3 is 2.53 bits per heavy atom. The van der Waals surface area contributed by atoms with Gasteiger partial charge in [0.15, 0.2) is 0 Å². The van der Waals surface area contributed by atoms with Gasteiger partial charge in [-0.3, -0.25) is 14.3 Å². The molecular formula is C25H26F3N3O2S. The molecule has 1 saturated carbocycles. The summed E-state index contributed by atoms with van der Waals surface area (Å²) in [6.45, 7) is 5.17. The molecule has 3 heterocycles. The van der Waals surface area contributed by atoms with Gasteiger partial charge in [0.2, 0.25) is 0 Å². The normalized spacial score (nSPS) is 22.2. The van der Waals surface area contributed by atoms with Crippen LogP contribution in [0.2, 0.25) is 0 Å². The van der Waals surface area contributed by atoms with E-state index in [4.69, 9.17) is 0 Å². The first-order valence-electron chi connectivity index (χ1n) is 11.5. The Kier molecular flexibility index (Phi) is 5.80. The number of thiophene rings is 1. The first kappa shape index (κ1) is 23.1. The largest absolute Gasteiger partial charge is 0.416 e. The minimum Gasteiger partial charge on any atom is -0.302 e. The smallest absolute Gasteiger partial charge is 0.302 e. The monoisotopic (exact) mass is 489 g/mol. The molecule has 0 bridgehead atoms. The molecule has 1 aliphatic heterocycles. The van der Waals surface area contributed by atoms with Gasteiger partial charge in [-0.25, -0.2) is 4.79 Å². The molecule has 1 N–H and O–H groups in total. The van der Waals surface area contributed by atoms with Crippen LogP contribution in [-0.4, -0.2) is 34.1 Å². The van der Waals surface area contributed by atoms with Crippen LogP contribution < -0.4 is 11.2 Å². The van der Waals surface area contributed by atoms with Gasteiger partial charge < -0.3 is 4.90 Å². The van der Waals surface area contributed by atoms with Gasteiger partial charge in [0, 0.05) is 36.1 Å². The van der Waals surface area contributed by atoms with Crippen molar-refractivity contribution < 1.29 is 13.2 Å². The summed E-state index contributed by atoms with van der Waals surface area (Å²) in [7, 11) is 0. The number of H-pyrrole nitrogens is 1. The number of fused-ring (bicyclic) bond motifs is 1. The third-order valence-electron chi connectivity index (χ3n) is 7.24. The maximum atomic E-state index is 12.9. The Morgan fingerprint density at radius 2 is 1.85 bits per heavy atom. The number of alkyl halides is 3. The molecular weight excluding hydrogens is 463 g/mol. The Hall–Kier alpha value is -2.65. The minimum absolute atomic E-state index is 0.00650. The van der Waals surface area contributed by atoms with Crippen molar-refractivity contribution in [3.05, 3.63) is 79.4 Å². The number of nitrogens with zero attached hydrogens (tertiary/aromatic N) is 2. The van der Waals surface area contributed by atoms with E-state index < -0.39 is 17.4 Å². The van der Waals surface area contributed by atoms with E-state index in [0.717, 1.165) is 54.9 Å². The molecule has 0 radical (unpaired) electrons. The minimum atomic E-state index is -4.31. The fourth-order valence-corrected chi connectivity index (χ4v) is 6.23. The zero-order chi connectivity index (χ0) is 24.1. The number of rotatable bonds is 7. The van der Waals surface area contributed by atoms with Crippen molar-refractivity contribution >= 4 is 11.3 Å². The van der Waals surface area contributed by atoms with E-state index in [1.54, 1.807) is 22.9 Å². The zero-order valence-corrected chi connectivity index (χ0v) is 19.6. The van der Waals surface area contributed by atoms with Gasteiger partial charge in [0.05, 0.1) is 11.1 Å². The molecule has 2 aliphatic rings. The predicted octanol–water partition coefficient (Wildman–Crippen LogP) is 4.65. The Balaban J connectivity index is 1.17. The fraction of sp³-hybridized carbons (Fsp3) is 0.440. The number of likely N-dealkylation sites (tertiary alicyclic amines) is 1. The number of aromatic nitrogens is 2. The standard InChI is InChI=1S/C25H26F3N3O2S/c1-16-8-11-34-21(16)20-14-31(23(33)29-22(20)32)10-3-2-9-30-13-19-12-24(19,15-30)17-4-6-18(7-5-17)25(26,27)28/h4-8,11,14,19H,2-3,9-10,12-13,15H2,1H3,(H,29,32,33)/t19-,24+/m0/s1. The first-order valence-corrected chi connectivity index (χ1v) is 12.3. The summed E-state index contributed by atoms with van der Waals surface area (Å²) in [5.74, 6) is 0.502. The van der Waals surface area contributed by atoms with Gasteiger partial charge in [-0.2, -0.15) is 13.2 Å². The predicted molar refractivity (Wildman–Crippen MR) is 126 cm³/mol. The lowest BCUT2D eigenvalue weighted by molar-refractivity contribution is -0.137. The summed E-state index contributed by atoms with van der Waals surface area (Å²) >= 11 is 1.48. The molecule has 2 aromatic heterocycles. The molecule has 0 amide bonds. The highest BCUT2D eigenvalue weighted by molar-refractivity contribution is 7.13. The molecule has 0 unspecified atom stereocenters. The van der Waals surface area contributed by atoms with Gasteiger partial charge in [0.1, 0.15) is 0 Å². The number of aromatic amines is 1. The average Bonchev–Trinajstić information content (AvgIpc) is 3.10. The van der Waals surface area contributed by atoms with E-state index in [-0.39, 0.29) is 11.0 Å². The molecule has 9 heteroatoms. The van der Waals surface area contributed by atoms with Crippen LogP contribution >= 0.6 is 11.3 Å². The number of unbranched alkanes of at least 4 members (excludes halogenated alkanes) is 1. The van der Waals surface area contributed by atoms with E-state index in [1.165, 1.54) is 23.5 Å². The molecule has 1 aliphatic carbocycles. The van der Waals surface area contributed by atoms with Crippen molar-refractivity contribution in [1.29, 1.82) is 0 Å².